The molecule has 0 unspecified atom stereocenters. The van der Waals surface area contributed by atoms with Gasteiger partial charge in [-0.3, -0.25) is 0 Å². The summed E-state index contributed by atoms with van der Waals surface area (Å²) in [5.41, 5.74) is 0. The van der Waals surface area contributed by atoms with Crippen LogP contribution in [0.5, 0.6) is 0 Å². The van der Waals surface area contributed by atoms with Gasteiger partial charge in [0.05, 0.1) is 19.3 Å². The van der Waals surface area contributed by atoms with Gasteiger partial charge in [-0.25, -0.2) is 0 Å². The third-order valence-electron chi connectivity index (χ3n) is 0.900. The topological polar surface area (TPSA) is 18.5 Å². The van der Waals surface area contributed by atoms with Crippen molar-refractivity contribution in [3.8, 4) is 0 Å². The zero-order valence-electron chi connectivity index (χ0n) is 6.09. The first-order valence-corrected chi connectivity index (χ1v) is 3.02. The van der Waals surface area contributed by atoms with Gasteiger partial charge in [0.1, 0.15) is 0 Å². The second kappa shape index (κ2) is 5.79. The van der Waals surface area contributed by atoms with Crippen molar-refractivity contribution < 1.29 is 9.47 Å². The maximum Gasteiger partial charge on any atom is 0.0784 e. The molecule has 1 atom stereocenters. The monoisotopic (exact) mass is 130 g/mol. The van der Waals surface area contributed by atoms with Gasteiger partial charge in [-0.05, 0) is 6.92 Å². The molecule has 0 spiro atoms. The van der Waals surface area contributed by atoms with Gasteiger partial charge >= 0.3 is 0 Å². The van der Waals surface area contributed by atoms with E-state index < -0.39 is 0 Å². The summed E-state index contributed by atoms with van der Waals surface area (Å²) in [5, 5.41) is 0. The lowest BCUT2D eigenvalue weighted by atomic mass is 10.4. The number of hydrogen-bond acceptors (Lipinski definition) is 2. The molecule has 2 nitrogen and oxygen atoms in total. The van der Waals surface area contributed by atoms with E-state index in [-0.39, 0.29) is 6.10 Å². The van der Waals surface area contributed by atoms with Gasteiger partial charge < -0.3 is 9.47 Å². The van der Waals surface area contributed by atoms with E-state index in [1.54, 1.807) is 13.2 Å². The van der Waals surface area contributed by atoms with Crippen LogP contribution in [0, 0.1) is 0 Å². The Labute approximate surface area is 56.5 Å². The molecule has 0 fully saturated rings. The fourth-order valence-electron chi connectivity index (χ4n) is 0.515. The molecule has 0 aliphatic rings. The molecule has 54 valence electrons. The first-order valence-electron chi connectivity index (χ1n) is 3.02. The van der Waals surface area contributed by atoms with Gasteiger partial charge in [0.25, 0.3) is 0 Å². The number of rotatable bonds is 5. The molecule has 0 aliphatic heterocycles. The lowest BCUT2D eigenvalue weighted by Crippen LogP contribution is -2.14. The Bertz CT molecular complexity index is 71.3. The lowest BCUT2D eigenvalue weighted by Gasteiger charge is -2.08. The minimum atomic E-state index is 0.174. The third kappa shape index (κ3) is 5.53. The van der Waals surface area contributed by atoms with E-state index in [2.05, 4.69) is 6.58 Å². The molecule has 0 aliphatic carbocycles. The number of methoxy groups -OCH3 is 1. The molecule has 0 aromatic carbocycles. The molecule has 0 saturated heterocycles. The number of hydrogen-bond donors (Lipinski definition) is 0. The van der Waals surface area contributed by atoms with Gasteiger partial charge in [-0.1, -0.05) is 6.08 Å². The molecular weight excluding hydrogens is 116 g/mol. The van der Waals surface area contributed by atoms with Gasteiger partial charge in [-0.15, -0.1) is 6.58 Å². The van der Waals surface area contributed by atoms with Gasteiger partial charge in [0.15, 0.2) is 0 Å². The van der Waals surface area contributed by atoms with E-state index in [0.717, 1.165) is 0 Å². The van der Waals surface area contributed by atoms with Gasteiger partial charge in [-0.2, -0.15) is 0 Å². The minimum Gasteiger partial charge on any atom is -0.382 e. The Kier molecular flexibility index (Phi) is 5.57. The summed E-state index contributed by atoms with van der Waals surface area (Å²) in [7, 11) is 1.66. The summed E-state index contributed by atoms with van der Waals surface area (Å²) in [4.78, 5) is 0. The average molecular weight is 130 g/mol. The van der Waals surface area contributed by atoms with Crippen molar-refractivity contribution in [2.75, 3.05) is 20.3 Å². The molecule has 0 bridgehead atoms. The fourth-order valence-corrected chi connectivity index (χ4v) is 0.515. The zero-order chi connectivity index (χ0) is 7.11. The summed E-state index contributed by atoms with van der Waals surface area (Å²) in [6, 6.07) is 0. The van der Waals surface area contributed by atoms with Crippen LogP contribution in [-0.2, 0) is 9.47 Å². The summed E-state index contributed by atoms with van der Waals surface area (Å²) in [6.45, 7) is 6.74. The van der Waals surface area contributed by atoms with Crippen molar-refractivity contribution in [2.45, 2.75) is 13.0 Å². The van der Waals surface area contributed by atoms with Crippen LogP contribution in [0.15, 0.2) is 12.7 Å². The number of ether oxygens (including phenoxy) is 2. The normalized spacial score (nSPS) is 13.1. The van der Waals surface area contributed by atoms with Crippen molar-refractivity contribution in [1.82, 2.24) is 0 Å². The van der Waals surface area contributed by atoms with Crippen LogP contribution in [0.1, 0.15) is 6.92 Å². The Morgan fingerprint density at radius 3 is 2.78 bits per heavy atom. The van der Waals surface area contributed by atoms with E-state index in [1.807, 2.05) is 6.92 Å². The Morgan fingerprint density at radius 1 is 1.67 bits per heavy atom. The summed E-state index contributed by atoms with van der Waals surface area (Å²) < 4.78 is 10.0. The van der Waals surface area contributed by atoms with Crippen LogP contribution in [-0.4, -0.2) is 26.4 Å². The summed E-state index contributed by atoms with van der Waals surface area (Å²) >= 11 is 0. The average Bonchev–Trinajstić information content (AvgIpc) is 1.85. The second-order valence-electron chi connectivity index (χ2n) is 1.89. The smallest absolute Gasteiger partial charge is 0.0784 e. The van der Waals surface area contributed by atoms with E-state index in [1.165, 1.54) is 0 Å². The molecule has 0 aromatic heterocycles. The van der Waals surface area contributed by atoms with Crippen LogP contribution < -0.4 is 0 Å². The van der Waals surface area contributed by atoms with Crippen molar-refractivity contribution >= 4 is 0 Å². The van der Waals surface area contributed by atoms with E-state index in [4.69, 9.17) is 9.47 Å². The highest BCUT2D eigenvalue weighted by Crippen LogP contribution is 1.89. The molecule has 0 N–H and O–H groups in total. The molecule has 9 heavy (non-hydrogen) atoms. The Hall–Kier alpha value is -0.340. The molecule has 0 saturated carbocycles. The van der Waals surface area contributed by atoms with Crippen LogP contribution >= 0.6 is 0 Å². The van der Waals surface area contributed by atoms with E-state index in [9.17, 15) is 0 Å². The first kappa shape index (κ1) is 8.66. The fraction of sp³-hybridized carbons (Fsp3) is 0.714. The molecule has 0 radical (unpaired) electrons. The van der Waals surface area contributed by atoms with Crippen LogP contribution in [0.4, 0.5) is 0 Å². The Balaban J connectivity index is 3.04. The summed E-state index contributed by atoms with van der Waals surface area (Å²) in [6.07, 6.45) is 1.90. The highest BCUT2D eigenvalue weighted by atomic mass is 16.5. The van der Waals surface area contributed by atoms with Crippen molar-refractivity contribution in [3.63, 3.8) is 0 Å². The predicted octanol–water partition coefficient (Wildman–Crippen LogP) is 1.22. The molecule has 0 amide bonds. The third-order valence-corrected chi connectivity index (χ3v) is 0.900. The van der Waals surface area contributed by atoms with Gasteiger partial charge in [0, 0.05) is 7.11 Å². The van der Waals surface area contributed by atoms with E-state index in [0.29, 0.717) is 13.2 Å². The maximum absolute atomic E-state index is 5.19. The quantitative estimate of drug-likeness (QED) is 0.521. The Morgan fingerprint density at radius 2 is 2.33 bits per heavy atom. The molecular formula is C7H14O2. The van der Waals surface area contributed by atoms with Crippen molar-refractivity contribution in [2.24, 2.45) is 0 Å². The van der Waals surface area contributed by atoms with Gasteiger partial charge in [0.2, 0.25) is 0 Å². The molecule has 0 heterocycles. The SMILES string of the molecule is C=CCO[C@@H](C)COC. The standard InChI is InChI=1S/C7H14O2/c1-4-5-9-7(2)6-8-3/h4,7H,1,5-6H2,2-3H3/t7-/m0/s1. The van der Waals surface area contributed by atoms with E-state index >= 15 is 0 Å². The lowest BCUT2D eigenvalue weighted by molar-refractivity contribution is 0.0228. The largest absolute Gasteiger partial charge is 0.382 e. The second-order valence-corrected chi connectivity index (χ2v) is 1.89. The zero-order valence-corrected chi connectivity index (χ0v) is 6.09. The maximum atomic E-state index is 5.19. The summed E-state index contributed by atoms with van der Waals surface area (Å²) in [5.74, 6) is 0. The molecule has 2 heteroatoms. The highest BCUT2D eigenvalue weighted by molar-refractivity contribution is 4.65. The highest BCUT2D eigenvalue weighted by Gasteiger charge is 1.96. The predicted molar refractivity (Wildman–Crippen MR) is 37.5 cm³/mol. The van der Waals surface area contributed by atoms with Crippen LogP contribution in [0.3, 0.4) is 0 Å². The van der Waals surface area contributed by atoms with Crippen molar-refractivity contribution in [3.05, 3.63) is 12.7 Å². The van der Waals surface area contributed by atoms with Crippen LogP contribution in [0.25, 0.3) is 0 Å². The van der Waals surface area contributed by atoms with Crippen LogP contribution in [0.2, 0.25) is 0 Å². The minimum absolute atomic E-state index is 0.174. The molecule has 0 aromatic rings. The van der Waals surface area contributed by atoms with Crippen molar-refractivity contribution in [1.29, 1.82) is 0 Å². The first-order chi connectivity index (χ1) is 4.31. The molecule has 0 rings (SSSR count).